The van der Waals surface area contributed by atoms with Crippen molar-refractivity contribution in [3.05, 3.63) is 45.5 Å². The second-order valence-electron chi connectivity index (χ2n) is 6.29. The molecule has 1 heterocycles. The molecule has 30 heavy (non-hydrogen) atoms. The van der Waals surface area contributed by atoms with E-state index in [9.17, 15) is 19.2 Å². The van der Waals surface area contributed by atoms with E-state index >= 15 is 0 Å². The number of hydrogen-bond acceptors (Lipinski definition) is 8. The first-order valence-corrected chi connectivity index (χ1v) is 9.99. The van der Waals surface area contributed by atoms with E-state index in [1.807, 2.05) is 0 Å². The number of nitrogens with one attached hydrogen (secondary N) is 2. The maximum absolute atomic E-state index is 12.3. The van der Waals surface area contributed by atoms with Crippen molar-refractivity contribution in [2.75, 3.05) is 25.6 Å². The summed E-state index contributed by atoms with van der Waals surface area (Å²) in [5.74, 6) is -1.79. The van der Waals surface area contributed by atoms with Gasteiger partial charge >= 0.3 is 11.9 Å². The van der Waals surface area contributed by atoms with Crippen LogP contribution in [0.3, 0.4) is 0 Å². The molecule has 0 saturated carbocycles. The van der Waals surface area contributed by atoms with E-state index in [0.29, 0.717) is 16.1 Å². The number of rotatable bonds is 8. The Morgan fingerprint density at radius 2 is 1.77 bits per heavy atom. The van der Waals surface area contributed by atoms with Gasteiger partial charge < -0.3 is 20.1 Å². The van der Waals surface area contributed by atoms with Crippen molar-refractivity contribution < 1.29 is 28.7 Å². The molecule has 0 bridgehead atoms. The van der Waals surface area contributed by atoms with Gasteiger partial charge in [-0.1, -0.05) is 11.3 Å². The van der Waals surface area contributed by atoms with E-state index in [0.717, 1.165) is 16.9 Å². The Morgan fingerprint density at radius 1 is 1.07 bits per heavy atom. The fraction of sp³-hybridized carbons (Fsp3) is 0.350. The molecule has 9 nitrogen and oxygen atoms in total. The minimum atomic E-state index is -0.534. The lowest BCUT2D eigenvalue weighted by atomic mass is 10.1. The summed E-state index contributed by atoms with van der Waals surface area (Å²) in [6.07, 6.45) is 0.00871. The van der Waals surface area contributed by atoms with Crippen LogP contribution in [0.4, 0.5) is 5.13 Å². The molecule has 2 N–H and O–H groups in total. The molecule has 0 saturated heterocycles. The molecule has 2 aromatic rings. The van der Waals surface area contributed by atoms with Crippen LogP contribution in [0.1, 0.15) is 55.0 Å². The van der Waals surface area contributed by atoms with Crippen LogP contribution < -0.4 is 10.6 Å². The zero-order chi connectivity index (χ0) is 22.3. The van der Waals surface area contributed by atoms with Gasteiger partial charge in [-0.15, -0.1) is 0 Å². The van der Waals surface area contributed by atoms with Gasteiger partial charge in [0, 0.05) is 18.5 Å². The molecule has 0 aliphatic carbocycles. The predicted octanol–water partition coefficient (Wildman–Crippen LogP) is 2.48. The molecule has 0 fully saturated rings. The average molecular weight is 433 g/mol. The highest BCUT2D eigenvalue weighted by molar-refractivity contribution is 7.17. The van der Waals surface area contributed by atoms with Crippen LogP contribution in [0.15, 0.2) is 18.2 Å². The van der Waals surface area contributed by atoms with Crippen LogP contribution in [0.5, 0.6) is 0 Å². The second-order valence-corrected chi connectivity index (χ2v) is 7.29. The van der Waals surface area contributed by atoms with E-state index in [1.165, 1.54) is 13.2 Å². The zero-order valence-electron chi connectivity index (χ0n) is 17.2. The van der Waals surface area contributed by atoms with E-state index in [1.54, 1.807) is 32.9 Å². The SMILES string of the molecule is CCOC(=O)c1sc(NC(=O)CCNC(=O)c2cc(C)cc(C(=O)OC)c2)nc1C. The molecule has 160 valence electrons. The molecule has 0 atom stereocenters. The summed E-state index contributed by atoms with van der Waals surface area (Å²) >= 11 is 1.03. The molecule has 10 heteroatoms. The van der Waals surface area contributed by atoms with Crippen LogP contribution in [-0.2, 0) is 14.3 Å². The lowest BCUT2D eigenvalue weighted by Crippen LogP contribution is -2.28. The van der Waals surface area contributed by atoms with Gasteiger partial charge in [0.1, 0.15) is 4.88 Å². The molecule has 0 spiro atoms. The van der Waals surface area contributed by atoms with E-state index in [2.05, 4.69) is 20.4 Å². The Morgan fingerprint density at radius 3 is 2.43 bits per heavy atom. The molecule has 0 aliphatic heterocycles. The number of carbonyl (C=O) groups excluding carboxylic acids is 4. The number of hydrogen-bond donors (Lipinski definition) is 2. The number of benzene rings is 1. The first kappa shape index (κ1) is 23.0. The van der Waals surface area contributed by atoms with Crippen molar-refractivity contribution in [2.45, 2.75) is 27.2 Å². The molecule has 0 unspecified atom stereocenters. The first-order valence-electron chi connectivity index (χ1n) is 9.17. The van der Waals surface area contributed by atoms with Gasteiger partial charge in [-0.3, -0.25) is 9.59 Å². The molecular weight excluding hydrogens is 410 g/mol. The summed E-state index contributed by atoms with van der Waals surface area (Å²) in [4.78, 5) is 52.4. The number of methoxy groups -OCH3 is 1. The molecule has 2 rings (SSSR count). The van der Waals surface area contributed by atoms with Gasteiger partial charge in [0.25, 0.3) is 5.91 Å². The topological polar surface area (TPSA) is 124 Å². The monoisotopic (exact) mass is 433 g/mol. The molecule has 2 amide bonds. The minimum Gasteiger partial charge on any atom is -0.465 e. The summed E-state index contributed by atoms with van der Waals surface area (Å²) in [6.45, 7) is 5.46. The van der Waals surface area contributed by atoms with Crippen LogP contribution in [0.2, 0.25) is 0 Å². The third-order valence-corrected chi connectivity index (χ3v) is 4.95. The van der Waals surface area contributed by atoms with E-state index in [-0.39, 0.29) is 36.2 Å². The van der Waals surface area contributed by atoms with Crippen LogP contribution >= 0.6 is 11.3 Å². The van der Waals surface area contributed by atoms with Crippen molar-refractivity contribution in [1.82, 2.24) is 10.3 Å². The van der Waals surface area contributed by atoms with Crippen molar-refractivity contribution in [3.8, 4) is 0 Å². The lowest BCUT2D eigenvalue weighted by Gasteiger charge is -2.08. The smallest absolute Gasteiger partial charge is 0.350 e. The average Bonchev–Trinajstić information content (AvgIpc) is 3.06. The molecule has 0 aliphatic rings. The lowest BCUT2D eigenvalue weighted by molar-refractivity contribution is -0.116. The second kappa shape index (κ2) is 10.5. The number of amides is 2. The number of esters is 2. The van der Waals surface area contributed by atoms with Crippen molar-refractivity contribution in [1.29, 1.82) is 0 Å². The molecule has 0 radical (unpaired) electrons. The number of aryl methyl sites for hydroxylation is 2. The first-order chi connectivity index (χ1) is 14.2. The summed E-state index contributed by atoms with van der Waals surface area (Å²) in [6, 6.07) is 4.69. The van der Waals surface area contributed by atoms with Gasteiger partial charge in [0.05, 0.1) is 25.0 Å². The zero-order valence-corrected chi connectivity index (χ0v) is 18.0. The fourth-order valence-electron chi connectivity index (χ4n) is 2.56. The summed E-state index contributed by atoms with van der Waals surface area (Å²) < 4.78 is 9.62. The number of nitrogens with zero attached hydrogens (tertiary/aromatic N) is 1. The Bertz CT molecular complexity index is 969. The van der Waals surface area contributed by atoms with Gasteiger partial charge in [-0.2, -0.15) is 0 Å². The Hall–Kier alpha value is -3.27. The number of aromatic nitrogens is 1. The summed E-state index contributed by atoms with van der Waals surface area (Å²) in [5, 5.41) is 5.52. The van der Waals surface area contributed by atoms with Crippen LogP contribution in [0, 0.1) is 13.8 Å². The third-order valence-electron chi connectivity index (χ3n) is 3.90. The quantitative estimate of drug-likeness (QED) is 0.613. The number of ether oxygens (including phenoxy) is 2. The molecule has 1 aromatic carbocycles. The predicted molar refractivity (Wildman–Crippen MR) is 111 cm³/mol. The fourth-order valence-corrected chi connectivity index (χ4v) is 3.44. The van der Waals surface area contributed by atoms with Crippen molar-refractivity contribution >= 4 is 40.2 Å². The van der Waals surface area contributed by atoms with Crippen LogP contribution in [0.25, 0.3) is 0 Å². The van der Waals surface area contributed by atoms with Gasteiger partial charge in [0.15, 0.2) is 5.13 Å². The summed E-state index contributed by atoms with van der Waals surface area (Å²) in [7, 11) is 1.27. The third kappa shape index (κ3) is 6.11. The minimum absolute atomic E-state index is 0.00871. The van der Waals surface area contributed by atoms with Gasteiger partial charge in [0.2, 0.25) is 5.91 Å². The Labute approximate surface area is 177 Å². The van der Waals surface area contributed by atoms with Gasteiger partial charge in [-0.25, -0.2) is 14.6 Å². The standard InChI is InChI=1S/C20H23N3O6S/c1-5-29-19(27)16-12(3)22-20(30-16)23-15(24)6-7-21-17(25)13-8-11(2)9-14(10-13)18(26)28-4/h8-10H,5-7H2,1-4H3,(H,21,25)(H,22,23,24). The Kier molecular flexibility index (Phi) is 8.05. The highest BCUT2D eigenvalue weighted by Crippen LogP contribution is 2.23. The maximum Gasteiger partial charge on any atom is 0.350 e. The van der Waals surface area contributed by atoms with E-state index < -0.39 is 17.8 Å². The summed E-state index contributed by atoms with van der Waals surface area (Å²) in [5.41, 5.74) is 1.78. The number of thiazole rings is 1. The normalized spacial score (nSPS) is 10.3. The number of anilines is 1. The Balaban J connectivity index is 1.90. The van der Waals surface area contributed by atoms with Crippen molar-refractivity contribution in [2.24, 2.45) is 0 Å². The van der Waals surface area contributed by atoms with Crippen molar-refractivity contribution in [3.63, 3.8) is 0 Å². The molecule has 1 aromatic heterocycles. The highest BCUT2D eigenvalue weighted by atomic mass is 32.1. The number of carbonyl (C=O) groups is 4. The largest absolute Gasteiger partial charge is 0.465 e. The maximum atomic E-state index is 12.3. The van der Waals surface area contributed by atoms with Gasteiger partial charge in [-0.05, 0) is 44.5 Å². The van der Waals surface area contributed by atoms with E-state index in [4.69, 9.17) is 4.74 Å². The molecular formula is C20H23N3O6S. The van der Waals surface area contributed by atoms with Crippen LogP contribution in [-0.4, -0.2) is 49.0 Å². The highest BCUT2D eigenvalue weighted by Gasteiger charge is 2.18.